The second kappa shape index (κ2) is 6.93. The van der Waals surface area contributed by atoms with Crippen molar-refractivity contribution in [2.75, 3.05) is 13.1 Å². The van der Waals surface area contributed by atoms with E-state index in [1.54, 1.807) is 0 Å². The Morgan fingerprint density at radius 3 is 1.67 bits per heavy atom. The zero-order valence-corrected chi connectivity index (χ0v) is 8.73. The van der Waals surface area contributed by atoms with Crippen LogP contribution in [-0.2, 0) is 10.3 Å². The summed E-state index contributed by atoms with van der Waals surface area (Å²) in [6.45, 7) is 4.35. The molecular weight excluding hydrogens is 173 g/mol. The van der Waals surface area contributed by atoms with Crippen molar-refractivity contribution in [3.05, 3.63) is 0 Å². The van der Waals surface area contributed by atoms with Crippen molar-refractivity contribution in [2.24, 2.45) is 0 Å². The molecule has 12 heavy (non-hydrogen) atoms. The van der Waals surface area contributed by atoms with Crippen LogP contribution in [0.5, 0.6) is 0 Å². The van der Waals surface area contributed by atoms with Crippen molar-refractivity contribution in [3.8, 4) is 0 Å². The maximum absolute atomic E-state index is 10.5. The van der Waals surface area contributed by atoms with Gasteiger partial charge >= 0.3 is 18.9 Å². The van der Waals surface area contributed by atoms with Crippen LogP contribution >= 0.6 is 0 Å². The van der Waals surface area contributed by atoms with Gasteiger partial charge in [0.1, 0.15) is 0 Å². The van der Waals surface area contributed by atoms with Crippen LogP contribution in [0, 0.1) is 0 Å². The van der Waals surface area contributed by atoms with E-state index in [1.165, 1.54) is 0 Å². The smallest absolute Gasteiger partial charge is 0.735 e. The van der Waals surface area contributed by atoms with Crippen molar-refractivity contribution in [3.63, 3.8) is 0 Å². The topological polar surface area (TPSA) is 60.4 Å². The fourth-order valence-corrected chi connectivity index (χ4v) is 1.65. The average molecular weight is 187 g/mol. The first kappa shape index (κ1) is 15.0. The van der Waals surface area contributed by atoms with Crippen LogP contribution in [0.2, 0.25) is 0 Å². The zero-order chi connectivity index (χ0) is 8.91. The van der Waals surface area contributed by atoms with E-state index >= 15 is 0 Å². The number of hydrogen-bond donors (Lipinski definition) is 0. The van der Waals surface area contributed by atoms with E-state index in [9.17, 15) is 13.0 Å². The molecule has 68 valence electrons. The van der Waals surface area contributed by atoms with Crippen LogP contribution in [0.15, 0.2) is 0 Å². The molecule has 0 saturated heterocycles. The summed E-state index contributed by atoms with van der Waals surface area (Å²) in [5.41, 5.74) is 0. The van der Waals surface area contributed by atoms with Crippen molar-refractivity contribution in [1.29, 1.82) is 0 Å². The normalized spacial score (nSPS) is 11.3. The van der Waals surface area contributed by atoms with Gasteiger partial charge in [-0.25, -0.2) is 12.7 Å². The van der Waals surface area contributed by atoms with Gasteiger partial charge in [0.25, 0.3) is 0 Å². The summed E-state index contributed by atoms with van der Waals surface area (Å²) in [6.07, 6.45) is 1.36. The van der Waals surface area contributed by atoms with Crippen LogP contribution < -0.4 is 18.9 Å². The third-order valence-corrected chi connectivity index (χ3v) is 2.26. The minimum absolute atomic E-state index is 0. The van der Waals surface area contributed by atoms with Crippen molar-refractivity contribution in [1.82, 2.24) is 4.31 Å². The fraction of sp³-hybridized carbons (Fsp3) is 1.00. The number of hydrogen-bond acceptors (Lipinski definition) is 3. The zero-order valence-electron chi connectivity index (χ0n) is 7.91. The van der Waals surface area contributed by atoms with Gasteiger partial charge in [-0.05, 0) is 12.8 Å². The number of rotatable bonds is 5. The molecule has 0 radical (unpaired) electrons. The number of nitrogens with zero attached hydrogens (tertiary/aromatic N) is 1. The first-order chi connectivity index (χ1) is 5.02. The minimum Gasteiger partial charge on any atom is -0.735 e. The Kier molecular flexibility index (Phi) is 8.64. The maximum atomic E-state index is 10.5. The van der Waals surface area contributed by atoms with E-state index in [1.807, 2.05) is 13.8 Å². The molecule has 0 bridgehead atoms. The van der Waals surface area contributed by atoms with Gasteiger partial charge in [0.15, 0.2) is 10.3 Å². The summed E-state index contributed by atoms with van der Waals surface area (Å²) in [7, 11) is -4.21. The predicted molar refractivity (Wildman–Crippen MR) is 41.9 cm³/mol. The third-order valence-electron chi connectivity index (χ3n) is 1.26. The van der Waals surface area contributed by atoms with Gasteiger partial charge in [-0.2, -0.15) is 0 Å². The van der Waals surface area contributed by atoms with E-state index in [0.29, 0.717) is 25.9 Å². The molecule has 0 N–H and O–H groups in total. The SMILES string of the molecule is CCCN(CCC)S(=O)(=O)[O-].[Li+]. The second-order valence-electron chi connectivity index (χ2n) is 2.36. The van der Waals surface area contributed by atoms with Crippen LogP contribution in [0.3, 0.4) is 0 Å². The summed E-state index contributed by atoms with van der Waals surface area (Å²) >= 11 is 0. The molecule has 0 unspecified atom stereocenters. The van der Waals surface area contributed by atoms with Crippen LogP contribution in [0.4, 0.5) is 0 Å². The maximum Gasteiger partial charge on any atom is 1.00 e. The Labute approximate surface area is 86.4 Å². The minimum atomic E-state index is -4.21. The molecule has 4 nitrogen and oxygen atoms in total. The van der Waals surface area contributed by atoms with Crippen LogP contribution in [0.1, 0.15) is 26.7 Å². The largest absolute Gasteiger partial charge is 1.00 e. The molecule has 0 aliphatic carbocycles. The molecule has 0 aromatic rings. The second-order valence-corrected chi connectivity index (χ2v) is 3.73. The molecule has 0 spiro atoms. The molecule has 0 heterocycles. The van der Waals surface area contributed by atoms with Gasteiger partial charge < -0.3 is 4.55 Å². The summed E-state index contributed by atoms with van der Waals surface area (Å²) in [5.74, 6) is 0. The molecule has 0 aromatic carbocycles. The average Bonchev–Trinajstić information content (AvgIpc) is 1.85. The van der Waals surface area contributed by atoms with Gasteiger partial charge in [-0.1, -0.05) is 13.8 Å². The Hall–Kier alpha value is 0.467. The van der Waals surface area contributed by atoms with Crippen molar-refractivity contribution in [2.45, 2.75) is 26.7 Å². The first-order valence-corrected chi connectivity index (χ1v) is 5.09. The standard InChI is InChI=1S/C6H15NO3S.Li/c1-3-5-7(6-4-2)11(8,9)10;/h3-6H2,1-2H3,(H,8,9,10);/q;+1/p-1. The Bertz CT molecular complexity index is 187. The van der Waals surface area contributed by atoms with Crippen LogP contribution in [0.25, 0.3) is 0 Å². The summed E-state index contributed by atoms with van der Waals surface area (Å²) < 4.78 is 32.4. The van der Waals surface area contributed by atoms with Crippen LogP contribution in [-0.4, -0.2) is 30.4 Å². The van der Waals surface area contributed by atoms with Crippen molar-refractivity contribution < 1.29 is 31.8 Å². The van der Waals surface area contributed by atoms with E-state index in [4.69, 9.17) is 0 Å². The molecule has 0 fully saturated rings. The fourth-order valence-electron chi connectivity index (χ4n) is 0.834. The van der Waals surface area contributed by atoms with Gasteiger partial charge in [-0.3, -0.25) is 0 Å². The van der Waals surface area contributed by atoms with Gasteiger partial charge in [0.2, 0.25) is 0 Å². The predicted octanol–water partition coefficient (Wildman–Crippen LogP) is -2.43. The monoisotopic (exact) mass is 187 g/mol. The molecule has 0 amide bonds. The quantitative estimate of drug-likeness (QED) is 0.355. The summed E-state index contributed by atoms with van der Waals surface area (Å²) in [5, 5.41) is 0. The molecule has 6 heteroatoms. The van der Waals surface area contributed by atoms with E-state index in [0.717, 1.165) is 4.31 Å². The van der Waals surface area contributed by atoms with Gasteiger partial charge in [-0.15, -0.1) is 0 Å². The molecule has 0 aliphatic rings. The molecule has 0 atom stereocenters. The van der Waals surface area contributed by atoms with E-state index in [-0.39, 0.29) is 18.9 Å². The summed E-state index contributed by atoms with van der Waals surface area (Å²) in [4.78, 5) is 0. The molecule has 0 saturated carbocycles. The molecular formula is C6H14LiNO3S. The van der Waals surface area contributed by atoms with Gasteiger partial charge in [0.05, 0.1) is 0 Å². The Morgan fingerprint density at radius 2 is 1.50 bits per heavy atom. The molecule has 0 aliphatic heterocycles. The Balaban J connectivity index is 0. The Morgan fingerprint density at radius 1 is 1.17 bits per heavy atom. The first-order valence-electron chi connectivity index (χ1n) is 3.73. The summed E-state index contributed by atoms with van der Waals surface area (Å²) in [6, 6.07) is 0. The van der Waals surface area contributed by atoms with E-state index < -0.39 is 10.3 Å². The molecule has 0 aromatic heterocycles. The molecule has 0 rings (SSSR count). The van der Waals surface area contributed by atoms with Crippen molar-refractivity contribution >= 4 is 10.3 Å². The van der Waals surface area contributed by atoms with Gasteiger partial charge in [0, 0.05) is 13.1 Å². The third kappa shape index (κ3) is 6.04. The van der Waals surface area contributed by atoms with E-state index in [2.05, 4.69) is 0 Å².